The molecule has 0 aromatic carbocycles. The van der Waals surface area contributed by atoms with Crippen molar-refractivity contribution in [1.29, 1.82) is 0 Å². The van der Waals surface area contributed by atoms with E-state index in [9.17, 15) is 9.59 Å². The molecule has 0 spiro atoms. The van der Waals surface area contributed by atoms with E-state index < -0.39 is 5.97 Å². The van der Waals surface area contributed by atoms with Gasteiger partial charge in [-0.2, -0.15) is 0 Å². The monoisotopic (exact) mass is 234 g/mol. The summed E-state index contributed by atoms with van der Waals surface area (Å²) in [5.74, 6) is 1.53. The Balaban J connectivity index is 2.19. The maximum atomic E-state index is 11.6. The van der Waals surface area contributed by atoms with Crippen molar-refractivity contribution < 1.29 is 18.7 Å². The highest BCUT2D eigenvalue weighted by molar-refractivity contribution is 5.94. The lowest BCUT2D eigenvalue weighted by Crippen LogP contribution is -2.24. The van der Waals surface area contributed by atoms with E-state index in [1.807, 2.05) is 0 Å². The zero-order chi connectivity index (χ0) is 12.4. The fourth-order valence-electron chi connectivity index (χ4n) is 1.59. The topological polar surface area (TPSA) is 72.6 Å². The van der Waals surface area contributed by atoms with E-state index in [-0.39, 0.29) is 30.0 Å². The number of methoxy groups -OCH3 is 1. The van der Waals surface area contributed by atoms with Gasteiger partial charge in [-0.05, 0) is 0 Å². The van der Waals surface area contributed by atoms with Gasteiger partial charge in [-0.25, -0.2) is 9.78 Å². The summed E-state index contributed by atoms with van der Waals surface area (Å²) in [6, 6.07) is 0.0770. The van der Waals surface area contributed by atoms with E-state index in [2.05, 4.69) is 15.6 Å². The lowest BCUT2D eigenvalue weighted by molar-refractivity contribution is -0.117. The van der Waals surface area contributed by atoms with Gasteiger partial charge < -0.3 is 9.15 Å². The summed E-state index contributed by atoms with van der Waals surface area (Å²) in [7, 11) is 1.24. The summed E-state index contributed by atoms with van der Waals surface area (Å²) in [6.07, 6.45) is 6.75. The van der Waals surface area contributed by atoms with Gasteiger partial charge in [0.1, 0.15) is 0 Å². The maximum absolute atomic E-state index is 11.6. The van der Waals surface area contributed by atoms with Crippen molar-refractivity contribution in [3.63, 3.8) is 0 Å². The predicted octanol–water partition coefficient (Wildman–Crippen LogP) is 0.447. The van der Waals surface area contributed by atoms with Gasteiger partial charge in [0, 0.05) is 18.9 Å². The van der Waals surface area contributed by atoms with Crippen LogP contribution < -0.4 is 4.90 Å². The number of ether oxygens (including phenoxy) is 1. The van der Waals surface area contributed by atoms with E-state index in [4.69, 9.17) is 10.8 Å². The third-order valence-electron chi connectivity index (χ3n) is 2.47. The lowest BCUT2D eigenvalue weighted by atomic mass is 10.1. The fourth-order valence-corrected chi connectivity index (χ4v) is 1.59. The molecule has 2 heterocycles. The van der Waals surface area contributed by atoms with E-state index in [1.54, 1.807) is 0 Å². The Morgan fingerprint density at radius 2 is 2.53 bits per heavy atom. The van der Waals surface area contributed by atoms with E-state index in [0.717, 1.165) is 0 Å². The zero-order valence-electron chi connectivity index (χ0n) is 9.17. The lowest BCUT2D eigenvalue weighted by Gasteiger charge is -2.09. The van der Waals surface area contributed by atoms with Crippen LogP contribution in [0.3, 0.4) is 0 Å². The van der Waals surface area contributed by atoms with Gasteiger partial charge >= 0.3 is 12.0 Å². The molecule has 1 aliphatic rings. The van der Waals surface area contributed by atoms with E-state index >= 15 is 0 Å². The van der Waals surface area contributed by atoms with Gasteiger partial charge in [-0.1, -0.05) is 0 Å². The minimum atomic E-state index is -0.635. The SMILES string of the molecule is C#CC1CC(=O)N(c2ncc(C(=O)OC)o2)C1. The smallest absolute Gasteiger partial charge is 0.375 e. The predicted molar refractivity (Wildman–Crippen MR) is 57.1 cm³/mol. The number of hydrogen-bond acceptors (Lipinski definition) is 5. The maximum Gasteiger partial charge on any atom is 0.375 e. The van der Waals surface area contributed by atoms with Crippen molar-refractivity contribution in [2.75, 3.05) is 18.6 Å². The number of hydrogen-bond donors (Lipinski definition) is 0. The molecule has 6 nitrogen and oxygen atoms in total. The second-order valence-corrected chi connectivity index (χ2v) is 3.57. The van der Waals surface area contributed by atoms with Crippen LogP contribution >= 0.6 is 0 Å². The van der Waals surface area contributed by atoms with Gasteiger partial charge in [0.25, 0.3) is 0 Å². The van der Waals surface area contributed by atoms with E-state index in [1.165, 1.54) is 18.2 Å². The Morgan fingerprint density at radius 3 is 3.12 bits per heavy atom. The quantitative estimate of drug-likeness (QED) is 0.548. The van der Waals surface area contributed by atoms with Gasteiger partial charge in [-0.3, -0.25) is 9.69 Å². The minimum absolute atomic E-state index is 0.0422. The molecule has 1 aromatic rings. The van der Waals surface area contributed by atoms with Crippen molar-refractivity contribution in [3.05, 3.63) is 12.0 Å². The number of esters is 1. The van der Waals surface area contributed by atoms with Crippen LogP contribution in [0.2, 0.25) is 0 Å². The van der Waals surface area contributed by atoms with Crippen molar-refractivity contribution in [2.24, 2.45) is 5.92 Å². The first-order chi connectivity index (χ1) is 8.15. The van der Waals surface area contributed by atoms with Crippen LogP contribution in [0.25, 0.3) is 0 Å². The molecule has 88 valence electrons. The van der Waals surface area contributed by atoms with Crippen molar-refractivity contribution in [2.45, 2.75) is 6.42 Å². The van der Waals surface area contributed by atoms with Gasteiger partial charge in [0.05, 0.1) is 13.3 Å². The molecule has 1 saturated heterocycles. The molecule has 1 unspecified atom stereocenters. The summed E-state index contributed by atoms with van der Waals surface area (Å²) >= 11 is 0. The van der Waals surface area contributed by atoms with Gasteiger partial charge in [-0.15, -0.1) is 12.3 Å². The van der Waals surface area contributed by atoms with E-state index in [0.29, 0.717) is 6.54 Å². The first-order valence-electron chi connectivity index (χ1n) is 4.96. The molecule has 1 fully saturated rings. The second kappa shape index (κ2) is 4.29. The standard InChI is InChI=1S/C11H10N2O4/c1-3-7-4-9(14)13(6-7)11-12-5-8(17-11)10(15)16-2/h1,5,7H,4,6H2,2H3. The van der Waals surface area contributed by atoms with Crippen LogP contribution in [0.15, 0.2) is 10.6 Å². The molecule has 0 bridgehead atoms. The molecule has 0 saturated carbocycles. The molecular weight excluding hydrogens is 224 g/mol. The molecule has 1 amide bonds. The number of oxazole rings is 1. The number of nitrogens with zero attached hydrogens (tertiary/aromatic N) is 2. The average Bonchev–Trinajstić information content (AvgIpc) is 2.94. The Kier molecular flexibility index (Phi) is 2.83. The summed E-state index contributed by atoms with van der Waals surface area (Å²) in [6.45, 7) is 0.358. The number of terminal acetylenes is 1. The summed E-state index contributed by atoms with van der Waals surface area (Å²) < 4.78 is 9.61. The van der Waals surface area contributed by atoms with Crippen molar-refractivity contribution in [1.82, 2.24) is 4.98 Å². The summed E-state index contributed by atoms with van der Waals surface area (Å²) in [4.78, 5) is 27.9. The van der Waals surface area contributed by atoms with Crippen molar-refractivity contribution in [3.8, 4) is 12.3 Å². The molecular formula is C11H10N2O4. The Hall–Kier alpha value is -2.29. The second-order valence-electron chi connectivity index (χ2n) is 3.57. The fraction of sp³-hybridized carbons (Fsp3) is 0.364. The Labute approximate surface area is 97.6 Å². The molecule has 0 N–H and O–H groups in total. The Bertz CT molecular complexity index is 500. The van der Waals surface area contributed by atoms with Crippen LogP contribution in [-0.4, -0.2) is 30.5 Å². The van der Waals surface area contributed by atoms with Crippen LogP contribution in [0, 0.1) is 18.3 Å². The number of carbonyl (C=O) groups excluding carboxylic acids is 2. The number of rotatable bonds is 2. The highest BCUT2D eigenvalue weighted by Gasteiger charge is 2.32. The normalized spacial score (nSPS) is 19.2. The van der Waals surface area contributed by atoms with Crippen LogP contribution in [0.5, 0.6) is 0 Å². The molecule has 2 rings (SSSR count). The largest absolute Gasteiger partial charge is 0.463 e. The first-order valence-corrected chi connectivity index (χ1v) is 4.96. The van der Waals surface area contributed by atoms with Crippen LogP contribution in [-0.2, 0) is 9.53 Å². The summed E-state index contributed by atoms with van der Waals surface area (Å²) in [5.41, 5.74) is 0. The van der Waals surface area contributed by atoms with Crippen LogP contribution in [0.4, 0.5) is 6.01 Å². The number of aromatic nitrogens is 1. The number of carbonyl (C=O) groups is 2. The third-order valence-corrected chi connectivity index (χ3v) is 2.47. The molecule has 0 aliphatic carbocycles. The third kappa shape index (κ3) is 1.99. The van der Waals surface area contributed by atoms with Crippen molar-refractivity contribution >= 4 is 17.9 Å². The number of anilines is 1. The first kappa shape index (κ1) is 11.2. The highest BCUT2D eigenvalue weighted by atomic mass is 16.5. The van der Waals surface area contributed by atoms with Gasteiger partial charge in [0.15, 0.2) is 0 Å². The molecule has 1 aromatic heterocycles. The summed E-state index contributed by atoms with van der Waals surface area (Å²) in [5, 5.41) is 0. The molecule has 17 heavy (non-hydrogen) atoms. The molecule has 6 heteroatoms. The number of amides is 1. The minimum Gasteiger partial charge on any atom is -0.463 e. The van der Waals surface area contributed by atoms with Crippen LogP contribution in [0.1, 0.15) is 17.0 Å². The molecule has 0 radical (unpaired) electrons. The van der Waals surface area contributed by atoms with Gasteiger partial charge in [0.2, 0.25) is 11.7 Å². The molecule has 1 atom stereocenters. The molecule has 1 aliphatic heterocycles. The highest BCUT2D eigenvalue weighted by Crippen LogP contribution is 2.24. The zero-order valence-corrected chi connectivity index (χ0v) is 9.17. The average molecular weight is 234 g/mol. The Morgan fingerprint density at radius 1 is 1.76 bits per heavy atom.